The van der Waals surface area contributed by atoms with Gasteiger partial charge in [-0.2, -0.15) is 0 Å². The van der Waals surface area contributed by atoms with Crippen molar-refractivity contribution in [1.82, 2.24) is 0 Å². The van der Waals surface area contributed by atoms with Crippen molar-refractivity contribution in [3.63, 3.8) is 0 Å². The molecule has 0 aromatic carbocycles. The number of rotatable bonds is 4. The molecular formula is C12H17ClO3. The normalized spacial score (nSPS) is 25.2. The number of esters is 1. The Bertz CT molecular complexity index is 311. The van der Waals surface area contributed by atoms with Crippen molar-refractivity contribution in [3.8, 4) is 0 Å². The van der Waals surface area contributed by atoms with E-state index in [2.05, 4.69) is 6.58 Å². The smallest absolute Gasteiger partial charge is 0.319 e. The second-order valence-electron chi connectivity index (χ2n) is 4.13. The van der Waals surface area contributed by atoms with Gasteiger partial charge in [0.2, 0.25) is 0 Å². The minimum absolute atomic E-state index is 0.0565. The zero-order chi connectivity index (χ0) is 12.2. The summed E-state index contributed by atoms with van der Waals surface area (Å²) in [5, 5.41) is 0.336. The van der Waals surface area contributed by atoms with Gasteiger partial charge in [0, 0.05) is 17.9 Å². The molecule has 1 aliphatic rings. The first-order valence-corrected chi connectivity index (χ1v) is 5.94. The predicted octanol–water partition coefficient (Wildman–Crippen LogP) is 2.82. The highest BCUT2D eigenvalue weighted by Gasteiger charge is 2.47. The van der Waals surface area contributed by atoms with Crippen LogP contribution in [0.25, 0.3) is 0 Å². The highest BCUT2D eigenvalue weighted by molar-refractivity contribution is 6.29. The van der Waals surface area contributed by atoms with Crippen molar-refractivity contribution in [2.45, 2.75) is 39.0 Å². The van der Waals surface area contributed by atoms with Gasteiger partial charge in [-0.1, -0.05) is 24.6 Å². The molecule has 0 aromatic rings. The molecule has 0 saturated heterocycles. The fourth-order valence-electron chi connectivity index (χ4n) is 2.16. The minimum Gasteiger partial charge on any atom is -0.465 e. The van der Waals surface area contributed by atoms with Gasteiger partial charge in [-0.3, -0.25) is 9.59 Å². The minimum atomic E-state index is -1.06. The van der Waals surface area contributed by atoms with Crippen LogP contribution in [0.2, 0.25) is 0 Å². The maximum atomic E-state index is 12.0. The largest absolute Gasteiger partial charge is 0.465 e. The number of hydrogen-bond donors (Lipinski definition) is 0. The summed E-state index contributed by atoms with van der Waals surface area (Å²) in [7, 11) is 0. The van der Waals surface area contributed by atoms with Crippen LogP contribution in [0.15, 0.2) is 11.6 Å². The van der Waals surface area contributed by atoms with Crippen LogP contribution in [0.1, 0.15) is 39.0 Å². The molecule has 16 heavy (non-hydrogen) atoms. The molecule has 3 nitrogen and oxygen atoms in total. The average molecular weight is 245 g/mol. The molecule has 0 aliphatic heterocycles. The molecule has 1 aliphatic carbocycles. The Labute approximate surface area is 101 Å². The van der Waals surface area contributed by atoms with Crippen LogP contribution in [0, 0.1) is 5.41 Å². The van der Waals surface area contributed by atoms with E-state index in [1.807, 2.05) is 0 Å². The van der Waals surface area contributed by atoms with E-state index in [0.29, 0.717) is 17.9 Å². The molecule has 0 amide bonds. The summed E-state index contributed by atoms with van der Waals surface area (Å²) >= 11 is 5.76. The lowest BCUT2D eigenvalue weighted by molar-refractivity contribution is -0.162. The summed E-state index contributed by atoms with van der Waals surface area (Å²) in [6.07, 6.45) is 2.86. The highest BCUT2D eigenvalue weighted by Crippen LogP contribution is 2.40. The van der Waals surface area contributed by atoms with Crippen LogP contribution < -0.4 is 0 Å². The molecule has 0 aromatic heterocycles. The van der Waals surface area contributed by atoms with Gasteiger partial charge in [-0.15, -0.1) is 0 Å². The van der Waals surface area contributed by atoms with Crippen LogP contribution in [0.4, 0.5) is 0 Å². The third kappa shape index (κ3) is 2.64. The molecule has 1 atom stereocenters. The van der Waals surface area contributed by atoms with Crippen molar-refractivity contribution in [3.05, 3.63) is 11.6 Å². The summed E-state index contributed by atoms with van der Waals surface area (Å²) in [5.41, 5.74) is -1.06. The Morgan fingerprint density at radius 3 is 2.75 bits per heavy atom. The number of ketones is 1. The lowest BCUT2D eigenvalue weighted by Crippen LogP contribution is -2.43. The SMILES string of the molecule is C=C(Cl)CC1(C(=O)OCC)CCCCC1=O. The van der Waals surface area contributed by atoms with Crippen molar-refractivity contribution >= 4 is 23.4 Å². The first-order valence-electron chi connectivity index (χ1n) is 5.56. The maximum Gasteiger partial charge on any atom is 0.319 e. The van der Waals surface area contributed by atoms with Crippen LogP contribution in [-0.4, -0.2) is 18.4 Å². The number of ether oxygens (including phenoxy) is 1. The summed E-state index contributed by atoms with van der Waals surface area (Å²) in [6.45, 7) is 5.59. The Morgan fingerprint density at radius 2 is 2.25 bits per heavy atom. The van der Waals surface area contributed by atoms with Gasteiger partial charge in [-0.25, -0.2) is 0 Å². The Morgan fingerprint density at radius 1 is 1.56 bits per heavy atom. The summed E-state index contributed by atoms with van der Waals surface area (Å²) in [6, 6.07) is 0. The van der Waals surface area contributed by atoms with Crippen LogP contribution in [0.5, 0.6) is 0 Å². The first-order chi connectivity index (χ1) is 7.53. The van der Waals surface area contributed by atoms with Gasteiger partial charge in [0.05, 0.1) is 6.61 Å². The molecule has 0 spiro atoms. The summed E-state index contributed by atoms with van der Waals surface area (Å²) in [4.78, 5) is 23.9. The Kier molecular flexibility index (Phi) is 4.54. The van der Waals surface area contributed by atoms with Crippen molar-refractivity contribution in [1.29, 1.82) is 0 Å². The van der Waals surface area contributed by atoms with Gasteiger partial charge >= 0.3 is 5.97 Å². The zero-order valence-electron chi connectivity index (χ0n) is 9.55. The molecule has 1 unspecified atom stereocenters. The third-order valence-corrected chi connectivity index (χ3v) is 3.08. The number of allylic oxidation sites excluding steroid dienone is 1. The van der Waals surface area contributed by atoms with E-state index >= 15 is 0 Å². The van der Waals surface area contributed by atoms with Gasteiger partial charge in [0.25, 0.3) is 0 Å². The van der Waals surface area contributed by atoms with Crippen LogP contribution in [-0.2, 0) is 14.3 Å². The van der Waals surface area contributed by atoms with Crippen LogP contribution in [0.3, 0.4) is 0 Å². The lowest BCUT2D eigenvalue weighted by Gasteiger charge is -2.32. The fraction of sp³-hybridized carbons (Fsp3) is 0.667. The number of carbonyl (C=O) groups excluding carboxylic acids is 2. The lowest BCUT2D eigenvalue weighted by atomic mass is 9.70. The predicted molar refractivity (Wildman–Crippen MR) is 62.2 cm³/mol. The average Bonchev–Trinajstić information content (AvgIpc) is 2.21. The number of Topliss-reactive ketones (excluding diaryl/α,β-unsaturated/α-hetero) is 1. The van der Waals surface area contributed by atoms with E-state index in [1.54, 1.807) is 6.92 Å². The van der Waals surface area contributed by atoms with Gasteiger partial charge in [0.1, 0.15) is 5.41 Å². The fourth-order valence-corrected chi connectivity index (χ4v) is 2.39. The van der Waals surface area contributed by atoms with E-state index in [1.165, 1.54) is 0 Å². The van der Waals surface area contributed by atoms with Crippen molar-refractivity contribution < 1.29 is 14.3 Å². The van der Waals surface area contributed by atoms with E-state index in [0.717, 1.165) is 12.8 Å². The van der Waals surface area contributed by atoms with Gasteiger partial charge < -0.3 is 4.74 Å². The molecule has 1 rings (SSSR count). The number of hydrogen-bond acceptors (Lipinski definition) is 3. The van der Waals surface area contributed by atoms with E-state index in [9.17, 15) is 9.59 Å². The second-order valence-corrected chi connectivity index (χ2v) is 4.66. The van der Waals surface area contributed by atoms with Crippen molar-refractivity contribution in [2.75, 3.05) is 6.61 Å². The van der Waals surface area contributed by atoms with Crippen LogP contribution >= 0.6 is 11.6 Å². The first kappa shape index (κ1) is 13.2. The molecule has 0 radical (unpaired) electrons. The zero-order valence-corrected chi connectivity index (χ0v) is 10.3. The Hall–Kier alpha value is -0.830. The quantitative estimate of drug-likeness (QED) is 0.564. The summed E-state index contributed by atoms with van der Waals surface area (Å²) < 4.78 is 5.00. The topological polar surface area (TPSA) is 43.4 Å². The molecule has 1 saturated carbocycles. The summed E-state index contributed by atoms with van der Waals surface area (Å²) in [5.74, 6) is -0.500. The second kappa shape index (κ2) is 5.48. The van der Waals surface area contributed by atoms with Crippen molar-refractivity contribution in [2.24, 2.45) is 5.41 Å². The molecular weight excluding hydrogens is 228 g/mol. The van der Waals surface area contributed by atoms with Gasteiger partial charge in [-0.05, 0) is 19.8 Å². The number of carbonyl (C=O) groups is 2. The van der Waals surface area contributed by atoms with E-state index in [4.69, 9.17) is 16.3 Å². The molecule has 1 fully saturated rings. The molecule has 0 heterocycles. The monoisotopic (exact) mass is 244 g/mol. The molecule has 0 bridgehead atoms. The van der Waals surface area contributed by atoms with Gasteiger partial charge in [0.15, 0.2) is 5.78 Å². The molecule has 4 heteroatoms. The van der Waals surface area contributed by atoms with E-state index < -0.39 is 11.4 Å². The highest BCUT2D eigenvalue weighted by atomic mass is 35.5. The Balaban J connectivity index is 2.94. The molecule has 90 valence electrons. The van der Waals surface area contributed by atoms with E-state index in [-0.39, 0.29) is 18.8 Å². The standard InChI is InChI=1S/C12H17ClO3/c1-3-16-11(15)12(8-9(2)13)7-5-4-6-10(12)14/h2-8H2,1H3. The maximum absolute atomic E-state index is 12.0. The molecule has 0 N–H and O–H groups in total. The number of halogens is 1. The third-order valence-electron chi connectivity index (χ3n) is 2.95.